The van der Waals surface area contributed by atoms with Crippen molar-refractivity contribution >= 4 is 7.60 Å². The fraction of sp³-hybridized carbons (Fsp3) is 0.500. The van der Waals surface area contributed by atoms with Crippen molar-refractivity contribution in [1.82, 2.24) is 5.48 Å². The first-order valence-corrected chi connectivity index (χ1v) is 7.69. The van der Waals surface area contributed by atoms with E-state index in [-0.39, 0.29) is 6.29 Å². The van der Waals surface area contributed by atoms with Gasteiger partial charge in [-0.15, -0.1) is 0 Å². The molecule has 0 aromatic heterocycles. The maximum Gasteiger partial charge on any atom is 0.346 e. The van der Waals surface area contributed by atoms with Crippen LogP contribution in [-0.4, -0.2) is 19.5 Å². The van der Waals surface area contributed by atoms with Crippen LogP contribution in [0.5, 0.6) is 0 Å². The second-order valence-electron chi connectivity index (χ2n) is 3.52. The lowest BCUT2D eigenvalue weighted by Gasteiger charge is -2.17. The van der Waals surface area contributed by atoms with Crippen molar-refractivity contribution in [3.63, 3.8) is 0 Å². The van der Waals surface area contributed by atoms with Gasteiger partial charge in [-0.2, -0.15) is 5.48 Å². The van der Waals surface area contributed by atoms with E-state index in [0.717, 1.165) is 5.56 Å². The summed E-state index contributed by atoms with van der Waals surface area (Å²) in [6.07, 6.45) is 0.0432. The van der Waals surface area contributed by atoms with E-state index in [1.54, 1.807) is 13.8 Å². The molecule has 0 heterocycles. The maximum absolute atomic E-state index is 12.0. The highest BCUT2D eigenvalue weighted by Crippen LogP contribution is 2.46. The molecule has 0 spiro atoms. The highest BCUT2D eigenvalue weighted by atomic mass is 31.2. The first-order chi connectivity index (χ1) is 8.70. The van der Waals surface area contributed by atoms with Crippen molar-refractivity contribution in [3.05, 3.63) is 35.9 Å². The predicted octanol–water partition coefficient (Wildman–Crippen LogP) is 2.93. The fourth-order valence-corrected chi connectivity index (χ4v) is 2.65. The molecule has 6 heteroatoms. The lowest BCUT2D eigenvalue weighted by atomic mass is 10.2. The Morgan fingerprint density at radius 1 is 1.11 bits per heavy atom. The topological polar surface area (TPSA) is 56.8 Å². The summed E-state index contributed by atoms with van der Waals surface area (Å²) in [5.41, 5.74) is 3.67. The van der Waals surface area contributed by atoms with Gasteiger partial charge in [-0.1, -0.05) is 30.3 Å². The van der Waals surface area contributed by atoms with Gasteiger partial charge in [-0.25, -0.2) is 0 Å². The van der Waals surface area contributed by atoms with E-state index in [1.165, 1.54) is 0 Å². The zero-order valence-electron chi connectivity index (χ0n) is 10.8. The molecule has 0 bridgehead atoms. The summed E-state index contributed by atoms with van der Waals surface area (Å²) in [6, 6.07) is 9.71. The summed E-state index contributed by atoms with van der Waals surface area (Å²) in [5.74, 6) is 0. The minimum Gasteiger partial charge on any atom is -0.308 e. The monoisotopic (exact) mass is 273 g/mol. The molecular weight excluding hydrogens is 253 g/mol. The van der Waals surface area contributed by atoms with Gasteiger partial charge in [0.2, 0.25) is 0 Å². The highest BCUT2D eigenvalue weighted by Gasteiger charge is 2.22. The average molecular weight is 273 g/mol. The molecule has 0 aliphatic rings. The molecule has 1 aromatic rings. The summed E-state index contributed by atoms with van der Waals surface area (Å²) in [5, 5.41) is 0. The molecular formula is C12H20NO4P. The van der Waals surface area contributed by atoms with Gasteiger partial charge in [0.1, 0.15) is 6.29 Å². The number of hydrogen-bond donors (Lipinski definition) is 1. The van der Waals surface area contributed by atoms with E-state index in [0.29, 0.717) is 19.8 Å². The summed E-state index contributed by atoms with van der Waals surface area (Å²) in [4.78, 5) is 5.23. The van der Waals surface area contributed by atoms with E-state index in [9.17, 15) is 4.57 Å². The molecule has 0 atom stereocenters. The molecule has 0 saturated carbocycles. The summed E-state index contributed by atoms with van der Waals surface area (Å²) < 4.78 is 22.3. The molecule has 18 heavy (non-hydrogen) atoms. The van der Waals surface area contributed by atoms with Crippen molar-refractivity contribution < 1.29 is 18.5 Å². The summed E-state index contributed by atoms with van der Waals surface area (Å²) >= 11 is 0. The predicted molar refractivity (Wildman–Crippen MR) is 70.1 cm³/mol. The molecule has 0 radical (unpaired) electrons. The second kappa shape index (κ2) is 8.40. The van der Waals surface area contributed by atoms with Crippen LogP contribution >= 0.6 is 7.60 Å². The van der Waals surface area contributed by atoms with Crippen LogP contribution in [0.2, 0.25) is 0 Å². The molecule has 5 nitrogen and oxygen atoms in total. The Labute approximate surface area is 108 Å². The number of rotatable bonds is 9. The Balaban J connectivity index is 2.29. The molecule has 0 unspecified atom stereocenters. The van der Waals surface area contributed by atoms with Crippen LogP contribution in [0, 0.1) is 0 Å². The molecule has 0 aliphatic heterocycles. The molecule has 0 fully saturated rings. The van der Waals surface area contributed by atoms with E-state index in [2.05, 4.69) is 5.48 Å². The van der Waals surface area contributed by atoms with Crippen molar-refractivity contribution in [2.24, 2.45) is 0 Å². The van der Waals surface area contributed by atoms with Crippen LogP contribution in [0.4, 0.5) is 0 Å². The van der Waals surface area contributed by atoms with Crippen molar-refractivity contribution in [2.45, 2.75) is 20.5 Å². The zero-order valence-corrected chi connectivity index (χ0v) is 11.7. The Morgan fingerprint density at radius 3 is 2.28 bits per heavy atom. The van der Waals surface area contributed by atoms with E-state index < -0.39 is 7.60 Å². The Kier molecular flexibility index (Phi) is 7.16. The SMILES string of the molecule is CCOP(=O)(CNOCc1ccccc1)OCC. The second-order valence-corrected chi connectivity index (χ2v) is 5.58. The third-order valence-corrected chi connectivity index (χ3v) is 3.91. The third kappa shape index (κ3) is 5.76. The van der Waals surface area contributed by atoms with Gasteiger partial charge >= 0.3 is 7.60 Å². The summed E-state index contributed by atoms with van der Waals surface area (Å²) in [6.45, 7) is 4.64. The standard InChI is InChI=1S/C12H20NO4P/c1-3-16-18(14,17-4-2)11-13-15-10-12-8-6-5-7-9-12/h5-9,13H,3-4,10-11H2,1-2H3. The van der Waals surface area contributed by atoms with Gasteiger partial charge in [0.25, 0.3) is 0 Å². The molecule has 1 aromatic carbocycles. The first-order valence-electron chi connectivity index (χ1n) is 5.97. The van der Waals surface area contributed by atoms with E-state index >= 15 is 0 Å². The number of hydrogen-bond acceptors (Lipinski definition) is 5. The van der Waals surface area contributed by atoms with Gasteiger partial charge in [-0.3, -0.25) is 9.40 Å². The quantitative estimate of drug-likeness (QED) is 0.426. The largest absolute Gasteiger partial charge is 0.346 e. The minimum absolute atomic E-state index is 0.0432. The van der Waals surface area contributed by atoms with Crippen LogP contribution in [-0.2, 0) is 25.1 Å². The third-order valence-electron chi connectivity index (χ3n) is 2.09. The fourth-order valence-electron chi connectivity index (χ4n) is 1.36. The van der Waals surface area contributed by atoms with E-state index in [4.69, 9.17) is 13.9 Å². The van der Waals surface area contributed by atoms with Gasteiger partial charge < -0.3 is 9.05 Å². The maximum atomic E-state index is 12.0. The molecule has 1 rings (SSSR count). The lowest BCUT2D eigenvalue weighted by Crippen LogP contribution is -2.18. The molecule has 1 N–H and O–H groups in total. The van der Waals surface area contributed by atoms with Crippen LogP contribution in [0.15, 0.2) is 30.3 Å². The number of hydroxylamine groups is 1. The molecule has 102 valence electrons. The van der Waals surface area contributed by atoms with Gasteiger partial charge in [-0.05, 0) is 19.4 Å². The minimum atomic E-state index is -3.08. The Morgan fingerprint density at radius 2 is 1.72 bits per heavy atom. The first kappa shape index (κ1) is 15.3. The lowest BCUT2D eigenvalue weighted by molar-refractivity contribution is 0.0337. The Hall–Kier alpha value is -0.710. The van der Waals surface area contributed by atoms with Gasteiger partial charge in [0, 0.05) is 0 Å². The highest BCUT2D eigenvalue weighted by molar-refractivity contribution is 7.53. The zero-order chi connectivity index (χ0) is 13.3. The molecule has 0 saturated heterocycles. The van der Waals surface area contributed by atoms with Gasteiger partial charge in [0.05, 0.1) is 19.8 Å². The van der Waals surface area contributed by atoms with Crippen molar-refractivity contribution in [3.8, 4) is 0 Å². The number of nitrogens with one attached hydrogen (secondary N) is 1. The van der Waals surface area contributed by atoms with Crippen molar-refractivity contribution in [2.75, 3.05) is 19.5 Å². The molecule has 0 amide bonds. The van der Waals surface area contributed by atoms with Crippen LogP contribution in [0.25, 0.3) is 0 Å². The van der Waals surface area contributed by atoms with E-state index in [1.807, 2.05) is 30.3 Å². The van der Waals surface area contributed by atoms with Crippen LogP contribution in [0.1, 0.15) is 19.4 Å². The van der Waals surface area contributed by atoms with Crippen LogP contribution in [0.3, 0.4) is 0 Å². The molecule has 0 aliphatic carbocycles. The van der Waals surface area contributed by atoms with Crippen LogP contribution < -0.4 is 5.48 Å². The normalized spacial score (nSPS) is 11.7. The smallest absolute Gasteiger partial charge is 0.308 e. The Bertz CT molecular complexity index is 362. The van der Waals surface area contributed by atoms with Gasteiger partial charge in [0.15, 0.2) is 0 Å². The number of benzene rings is 1. The summed E-state index contributed by atoms with van der Waals surface area (Å²) in [7, 11) is -3.08. The average Bonchev–Trinajstić information content (AvgIpc) is 2.37. The van der Waals surface area contributed by atoms with Crippen molar-refractivity contribution in [1.29, 1.82) is 0 Å².